The van der Waals surface area contributed by atoms with E-state index >= 15 is 0 Å². The number of carbonyl (C=O) groups excluding carboxylic acids is 1. The molecule has 0 saturated heterocycles. The summed E-state index contributed by atoms with van der Waals surface area (Å²) in [4.78, 5) is 12.3. The number of phenolic OH excluding ortho intramolecular Hbond substituents is 2. The second-order valence-electron chi connectivity index (χ2n) is 5.78. The molecule has 3 N–H and O–H groups in total. The van der Waals surface area contributed by atoms with E-state index in [9.17, 15) is 15.0 Å². The smallest absolute Gasteiger partial charge is 0.227 e. The first kappa shape index (κ1) is 16.0. The molecule has 0 radical (unpaired) electrons. The third-order valence-electron chi connectivity index (χ3n) is 3.84. The Hall–Kier alpha value is -2.89. The molecule has 0 spiro atoms. The zero-order valence-electron chi connectivity index (χ0n) is 13.3. The third kappa shape index (κ3) is 3.53. The fourth-order valence-corrected chi connectivity index (χ4v) is 2.53. The van der Waals surface area contributed by atoms with E-state index < -0.39 is 0 Å². The van der Waals surface area contributed by atoms with Crippen molar-refractivity contribution in [3.63, 3.8) is 0 Å². The topological polar surface area (TPSA) is 88.0 Å². The number of carbonyl (C=O) groups is 1. The predicted molar refractivity (Wildman–Crippen MR) is 88.7 cm³/mol. The highest BCUT2D eigenvalue weighted by atomic mass is 16.6. The Morgan fingerprint density at radius 1 is 1.08 bits per heavy atom. The summed E-state index contributed by atoms with van der Waals surface area (Å²) in [5.74, 6) is 0.488. The summed E-state index contributed by atoms with van der Waals surface area (Å²) in [6.07, 6.45) is 0.449. The summed E-state index contributed by atoms with van der Waals surface area (Å²) in [5, 5.41) is 21.7. The monoisotopic (exact) mass is 329 g/mol. The molecule has 0 bridgehead atoms. The van der Waals surface area contributed by atoms with Gasteiger partial charge in [0, 0.05) is 17.7 Å². The maximum Gasteiger partial charge on any atom is 0.227 e. The Labute approximate surface area is 139 Å². The molecule has 1 unspecified atom stereocenters. The van der Waals surface area contributed by atoms with E-state index in [0.29, 0.717) is 36.8 Å². The van der Waals surface area contributed by atoms with Gasteiger partial charge in [-0.25, -0.2) is 0 Å². The molecular formula is C18H19NO5. The van der Waals surface area contributed by atoms with Crippen LogP contribution in [0.15, 0.2) is 36.4 Å². The van der Waals surface area contributed by atoms with Gasteiger partial charge in [-0.05, 0) is 36.2 Å². The summed E-state index contributed by atoms with van der Waals surface area (Å²) in [7, 11) is 0. The van der Waals surface area contributed by atoms with Crippen molar-refractivity contribution in [1.82, 2.24) is 0 Å². The van der Waals surface area contributed by atoms with Gasteiger partial charge in [-0.1, -0.05) is 13.0 Å². The molecule has 6 nitrogen and oxygen atoms in total. The highest BCUT2D eigenvalue weighted by molar-refractivity contribution is 5.92. The molecular weight excluding hydrogens is 310 g/mol. The van der Waals surface area contributed by atoms with Crippen LogP contribution in [0.3, 0.4) is 0 Å². The number of phenols is 2. The Bertz CT molecular complexity index is 759. The fourth-order valence-electron chi connectivity index (χ4n) is 2.53. The molecule has 2 aromatic rings. The number of fused-ring (bicyclic) bond motifs is 1. The Kier molecular flexibility index (Phi) is 4.46. The minimum Gasteiger partial charge on any atom is -0.504 e. The Morgan fingerprint density at radius 2 is 1.83 bits per heavy atom. The van der Waals surface area contributed by atoms with Crippen molar-refractivity contribution in [1.29, 1.82) is 0 Å². The second kappa shape index (κ2) is 6.70. The summed E-state index contributed by atoms with van der Waals surface area (Å²) < 4.78 is 10.9. The molecule has 126 valence electrons. The predicted octanol–water partition coefficient (Wildman–Crippen LogP) is 2.69. The summed E-state index contributed by atoms with van der Waals surface area (Å²) in [6, 6.07) is 9.84. The maximum absolute atomic E-state index is 12.3. The van der Waals surface area contributed by atoms with E-state index in [-0.39, 0.29) is 23.3 Å². The lowest BCUT2D eigenvalue weighted by Crippen LogP contribution is -2.22. The quantitative estimate of drug-likeness (QED) is 0.751. The number of benzene rings is 2. The van der Waals surface area contributed by atoms with Crippen molar-refractivity contribution in [3.8, 4) is 23.0 Å². The van der Waals surface area contributed by atoms with Crippen molar-refractivity contribution in [3.05, 3.63) is 42.0 Å². The van der Waals surface area contributed by atoms with Crippen LogP contribution in [0.2, 0.25) is 0 Å². The van der Waals surface area contributed by atoms with Crippen molar-refractivity contribution < 1.29 is 24.5 Å². The average molecular weight is 329 g/mol. The van der Waals surface area contributed by atoms with Crippen LogP contribution in [0.4, 0.5) is 5.69 Å². The highest BCUT2D eigenvalue weighted by Gasteiger charge is 2.17. The van der Waals surface area contributed by atoms with Gasteiger partial charge in [0.2, 0.25) is 5.91 Å². The molecule has 24 heavy (non-hydrogen) atoms. The van der Waals surface area contributed by atoms with E-state index in [0.717, 1.165) is 5.56 Å². The van der Waals surface area contributed by atoms with Crippen LogP contribution in [-0.2, 0) is 11.2 Å². The van der Waals surface area contributed by atoms with Gasteiger partial charge in [-0.3, -0.25) is 4.79 Å². The standard InChI is InChI=1S/C18H19NO5/c1-11(8-12-2-4-14(20)15(21)9-12)18(22)19-13-3-5-16-17(10-13)24-7-6-23-16/h2-5,9-11,20-21H,6-8H2,1H3,(H,19,22). The second-order valence-corrected chi connectivity index (χ2v) is 5.78. The van der Waals surface area contributed by atoms with Crippen LogP contribution in [-0.4, -0.2) is 29.3 Å². The zero-order chi connectivity index (χ0) is 17.1. The van der Waals surface area contributed by atoms with Crippen molar-refractivity contribution in [2.24, 2.45) is 5.92 Å². The van der Waals surface area contributed by atoms with Crippen LogP contribution in [0.5, 0.6) is 23.0 Å². The average Bonchev–Trinajstić information content (AvgIpc) is 2.58. The minimum atomic E-state index is -0.304. The number of aromatic hydroxyl groups is 2. The van der Waals surface area contributed by atoms with Gasteiger partial charge in [0.05, 0.1) is 0 Å². The lowest BCUT2D eigenvalue weighted by molar-refractivity contribution is -0.119. The van der Waals surface area contributed by atoms with Crippen molar-refractivity contribution in [2.75, 3.05) is 18.5 Å². The van der Waals surface area contributed by atoms with Crippen LogP contribution < -0.4 is 14.8 Å². The van der Waals surface area contributed by atoms with Gasteiger partial charge in [0.25, 0.3) is 0 Å². The van der Waals surface area contributed by atoms with Gasteiger partial charge in [0.1, 0.15) is 13.2 Å². The number of hydrogen-bond acceptors (Lipinski definition) is 5. The maximum atomic E-state index is 12.3. The molecule has 1 aliphatic heterocycles. The first-order valence-corrected chi connectivity index (χ1v) is 7.74. The zero-order valence-corrected chi connectivity index (χ0v) is 13.3. The molecule has 2 aromatic carbocycles. The molecule has 0 aliphatic carbocycles. The van der Waals surface area contributed by atoms with Gasteiger partial charge in [-0.2, -0.15) is 0 Å². The SMILES string of the molecule is CC(Cc1ccc(O)c(O)c1)C(=O)Nc1ccc2c(c1)OCCO2. The van der Waals surface area contributed by atoms with Gasteiger partial charge < -0.3 is 25.0 Å². The van der Waals surface area contributed by atoms with Crippen LogP contribution in [0, 0.1) is 5.92 Å². The lowest BCUT2D eigenvalue weighted by Gasteiger charge is -2.19. The normalized spacial score (nSPS) is 14.0. The van der Waals surface area contributed by atoms with E-state index in [4.69, 9.17) is 9.47 Å². The minimum absolute atomic E-state index is 0.140. The van der Waals surface area contributed by atoms with Gasteiger partial charge in [0.15, 0.2) is 23.0 Å². The fraction of sp³-hybridized carbons (Fsp3) is 0.278. The van der Waals surface area contributed by atoms with Crippen LogP contribution >= 0.6 is 0 Å². The molecule has 1 aliphatic rings. The molecule has 3 rings (SSSR count). The molecule has 0 aromatic heterocycles. The van der Waals surface area contributed by atoms with Gasteiger partial charge >= 0.3 is 0 Å². The number of rotatable bonds is 4. The number of ether oxygens (including phenoxy) is 2. The van der Waals surface area contributed by atoms with Crippen LogP contribution in [0.1, 0.15) is 12.5 Å². The lowest BCUT2D eigenvalue weighted by atomic mass is 10.00. The van der Waals surface area contributed by atoms with E-state index in [1.807, 2.05) is 0 Å². The summed E-state index contributed by atoms with van der Waals surface area (Å²) >= 11 is 0. The Morgan fingerprint density at radius 3 is 2.58 bits per heavy atom. The summed E-state index contributed by atoms with van der Waals surface area (Å²) in [5.41, 5.74) is 1.42. The van der Waals surface area contributed by atoms with E-state index in [2.05, 4.69) is 5.32 Å². The molecule has 0 saturated carbocycles. The first-order valence-electron chi connectivity index (χ1n) is 7.74. The largest absolute Gasteiger partial charge is 0.504 e. The van der Waals surface area contributed by atoms with Crippen LogP contribution in [0.25, 0.3) is 0 Å². The highest BCUT2D eigenvalue weighted by Crippen LogP contribution is 2.33. The molecule has 1 amide bonds. The first-order chi connectivity index (χ1) is 11.5. The third-order valence-corrected chi connectivity index (χ3v) is 3.84. The molecule has 1 heterocycles. The Balaban J connectivity index is 1.64. The molecule has 6 heteroatoms. The number of hydrogen-bond donors (Lipinski definition) is 3. The number of nitrogens with one attached hydrogen (secondary N) is 1. The van der Waals surface area contributed by atoms with Crippen molar-refractivity contribution in [2.45, 2.75) is 13.3 Å². The van der Waals surface area contributed by atoms with E-state index in [1.54, 1.807) is 31.2 Å². The van der Waals surface area contributed by atoms with Gasteiger partial charge in [-0.15, -0.1) is 0 Å². The number of anilines is 1. The van der Waals surface area contributed by atoms with E-state index in [1.165, 1.54) is 12.1 Å². The van der Waals surface area contributed by atoms with Crippen molar-refractivity contribution >= 4 is 11.6 Å². The molecule has 0 fully saturated rings. The summed E-state index contributed by atoms with van der Waals surface area (Å²) in [6.45, 7) is 2.82. The number of amides is 1. The molecule has 1 atom stereocenters.